The van der Waals surface area contributed by atoms with E-state index in [4.69, 9.17) is 15.0 Å². The maximum atomic E-state index is 5.41. The average molecular weight is 916 g/mol. The molecule has 0 radical (unpaired) electrons. The molecule has 1 aliphatic carbocycles. The molecule has 0 saturated carbocycles. The lowest BCUT2D eigenvalue weighted by Gasteiger charge is -2.46. The van der Waals surface area contributed by atoms with E-state index in [1.165, 1.54) is 45.2 Å². The zero-order chi connectivity index (χ0) is 48.0. The molecule has 0 saturated heterocycles. The highest BCUT2D eigenvalue weighted by molar-refractivity contribution is 6.23. The fourth-order valence-corrected chi connectivity index (χ4v) is 11.7. The molecular weight excluding hydrogens is 863 g/mol. The monoisotopic (exact) mass is 915 g/mol. The summed E-state index contributed by atoms with van der Waals surface area (Å²) in [6, 6.07) is 76.5. The summed E-state index contributed by atoms with van der Waals surface area (Å²) in [6.45, 7) is 12.1. The number of fused-ring (bicyclic) bond motifs is 8. The van der Waals surface area contributed by atoms with E-state index in [0.717, 1.165) is 66.2 Å². The van der Waals surface area contributed by atoms with Crippen LogP contribution in [0, 0.1) is 5.92 Å². The molecule has 342 valence electrons. The molecule has 0 amide bonds. The Morgan fingerprint density at radius 2 is 0.845 bits per heavy atom. The van der Waals surface area contributed by atoms with E-state index in [1.54, 1.807) is 0 Å². The highest BCUT2D eigenvalue weighted by atomic mass is 15.2. The third-order valence-electron chi connectivity index (χ3n) is 15.7. The molecule has 3 heterocycles. The predicted octanol–water partition coefficient (Wildman–Crippen LogP) is 17.0. The number of hydrogen-bond acceptors (Lipinski definition) is 3. The van der Waals surface area contributed by atoms with Gasteiger partial charge in [-0.05, 0) is 104 Å². The van der Waals surface area contributed by atoms with E-state index >= 15 is 0 Å². The van der Waals surface area contributed by atoms with Crippen molar-refractivity contribution in [3.05, 3.63) is 223 Å². The molecule has 5 nitrogen and oxygen atoms in total. The first-order valence-electron chi connectivity index (χ1n) is 24.9. The van der Waals surface area contributed by atoms with E-state index in [1.807, 2.05) is 24.3 Å². The van der Waals surface area contributed by atoms with Gasteiger partial charge in [-0.2, -0.15) is 9.97 Å². The summed E-state index contributed by atoms with van der Waals surface area (Å²) < 4.78 is 4.70. The molecule has 0 aliphatic heterocycles. The molecule has 0 fully saturated rings. The van der Waals surface area contributed by atoms with Crippen molar-refractivity contribution in [2.24, 2.45) is 5.92 Å². The quantitative estimate of drug-likeness (QED) is 0.160. The Morgan fingerprint density at radius 3 is 1.49 bits per heavy atom. The molecule has 0 N–H and O–H groups in total. The maximum absolute atomic E-state index is 5.41. The Morgan fingerprint density at radius 1 is 0.380 bits per heavy atom. The van der Waals surface area contributed by atoms with E-state index in [-0.39, 0.29) is 10.8 Å². The van der Waals surface area contributed by atoms with Gasteiger partial charge < -0.3 is 4.57 Å². The van der Waals surface area contributed by atoms with Crippen LogP contribution in [0.1, 0.15) is 52.2 Å². The van der Waals surface area contributed by atoms with Crippen LogP contribution >= 0.6 is 0 Å². The van der Waals surface area contributed by atoms with Crippen molar-refractivity contribution in [3.8, 4) is 67.8 Å². The van der Waals surface area contributed by atoms with Crippen molar-refractivity contribution in [1.82, 2.24) is 24.1 Å². The van der Waals surface area contributed by atoms with Gasteiger partial charge in [0.1, 0.15) is 0 Å². The standard InChI is InChI=1S/C66H53N5/c1-42-41-65(2,3)56-37-32-49(40-57(56)66(42,4)5)48-24-16-22-46(38-48)44-30-33-51(34-31-44)70-58-28-14-12-26-52(58)54-35-36-55-53-27-13-15-29-59(53)71(61(55)60(54)70)64-68-62(45-20-10-7-11-21-45)67-63(69-64)50-25-17-23-47(39-50)43-18-8-6-9-19-43/h6-40,42H,41H2,1-5H3. The van der Waals surface area contributed by atoms with Crippen LogP contribution in [0.2, 0.25) is 0 Å². The zero-order valence-corrected chi connectivity index (χ0v) is 40.7. The van der Waals surface area contributed by atoms with Crippen LogP contribution in [0.4, 0.5) is 0 Å². The topological polar surface area (TPSA) is 48.5 Å². The second kappa shape index (κ2) is 16.4. The second-order valence-corrected chi connectivity index (χ2v) is 20.8. The zero-order valence-electron chi connectivity index (χ0n) is 40.7. The molecule has 13 rings (SSSR count). The molecule has 5 heteroatoms. The lowest BCUT2D eigenvalue weighted by molar-refractivity contribution is 0.233. The minimum Gasteiger partial charge on any atom is -0.307 e. The van der Waals surface area contributed by atoms with Gasteiger partial charge in [-0.3, -0.25) is 4.57 Å². The Kier molecular flexibility index (Phi) is 9.83. The molecule has 71 heavy (non-hydrogen) atoms. The first-order valence-corrected chi connectivity index (χ1v) is 24.9. The maximum Gasteiger partial charge on any atom is 0.238 e. The Labute approximate surface area is 414 Å². The predicted molar refractivity (Wildman–Crippen MR) is 296 cm³/mol. The molecule has 1 unspecified atom stereocenters. The van der Waals surface area contributed by atoms with Crippen LogP contribution < -0.4 is 0 Å². The van der Waals surface area contributed by atoms with Gasteiger partial charge in [-0.25, -0.2) is 4.98 Å². The number of benzene rings is 9. The van der Waals surface area contributed by atoms with Crippen molar-refractivity contribution in [3.63, 3.8) is 0 Å². The van der Waals surface area contributed by atoms with E-state index in [9.17, 15) is 0 Å². The van der Waals surface area contributed by atoms with E-state index in [2.05, 4.69) is 232 Å². The van der Waals surface area contributed by atoms with Crippen molar-refractivity contribution in [2.45, 2.75) is 51.9 Å². The summed E-state index contributed by atoms with van der Waals surface area (Å²) in [4.78, 5) is 16.0. The van der Waals surface area contributed by atoms with Gasteiger partial charge in [0.25, 0.3) is 0 Å². The van der Waals surface area contributed by atoms with Crippen LogP contribution in [-0.4, -0.2) is 24.1 Å². The lowest BCUT2D eigenvalue weighted by atomic mass is 9.58. The van der Waals surface area contributed by atoms with Crippen LogP contribution in [0.15, 0.2) is 212 Å². The molecular formula is C66H53N5. The van der Waals surface area contributed by atoms with Crippen molar-refractivity contribution < 1.29 is 0 Å². The smallest absolute Gasteiger partial charge is 0.238 e. The SMILES string of the molecule is CC1CC(C)(C)c2ccc(-c3cccc(-c4ccc(-n5c6ccccc6c6ccc7c8ccccc8n(-c8nc(-c9ccccc9)nc(-c9cccc(-c%10ccccc%10)c9)n8)c7c65)cc4)c3)cc2C1(C)C. The van der Waals surface area contributed by atoms with Gasteiger partial charge in [-0.15, -0.1) is 0 Å². The van der Waals surface area contributed by atoms with Crippen molar-refractivity contribution in [2.75, 3.05) is 0 Å². The Hall–Kier alpha value is -8.41. The highest BCUT2D eigenvalue weighted by Gasteiger charge is 2.42. The number of nitrogens with zero attached hydrogens (tertiary/aromatic N) is 5. The fourth-order valence-electron chi connectivity index (χ4n) is 11.7. The average Bonchev–Trinajstić information content (AvgIpc) is 3.94. The van der Waals surface area contributed by atoms with Gasteiger partial charge in [-0.1, -0.05) is 211 Å². The van der Waals surface area contributed by atoms with Gasteiger partial charge in [0.15, 0.2) is 11.6 Å². The van der Waals surface area contributed by atoms with Crippen LogP contribution in [0.25, 0.3) is 111 Å². The highest BCUT2D eigenvalue weighted by Crippen LogP contribution is 2.50. The summed E-state index contributed by atoms with van der Waals surface area (Å²) in [5.74, 6) is 2.38. The van der Waals surface area contributed by atoms with Crippen LogP contribution in [0.5, 0.6) is 0 Å². The normalized spacial score (nSPS) is 15.1. The molecule has 1 atom stereocenters. The first kappa shape index (κ1) is 42.7. The van der Waals surface area contributed by atoms with E-state index < -0.39 is 0 Å². The molecule has 0 bridgehead atoms. The summed E-state index contributed by atoms with van der Waals surface area (Å²) in [6.07, 6.45) is 1.20. The largest absolute Gasteiger partial charge is 0.307 e. The van der Waals surface area contributed by atoms with Gasteiger partial charge in [0.05, 0.1) is 22.1 Å². The first-order chi connectivity index (χ1) is 34.6. The minimum absolute atomic E-state index is 0.107. The van der Waals surface area contributed by atoms with E-state index in [0.29, 0.717) is 23.5 Å². The van der Waals surface area contributed by atoms with Crippen molar-refractivity contribution >= 4 is 43.6 Å². The molecule has 0 spiro atoms. The number of rotatable bonds is 7. The Bertz CT molecular complexity index is 4030. The second-order valence-electron chi connectivity index (χ2n) is 20.8. The number of aromatic nitrogens is 5. The fraction of sp³-hybridized carbons (Fsp3) is 0.136. The van der Waals surface area contributed by atoms with Gasteiger partial charge >= 0.3 is 0 Å². The van der Waals surface area contributed by atoms with Crippen LogP contribution in [-0.2, 0) is 10.8 Å². The lowest BCUT2D eigenvalue weighted by Crippen LogP contribution is -2.40. The third-order valence-corrected chi connectivity index (χ3v) is 15.7. The summed E-state index contributed by atoms with van der Waals surface area (Å²) in [7, 11) is 0. The third kappa shape index (κ3) is 7.01. The van der Waals surface area contributed by atoms with Gasteiger partial charge in [0.2, 0.25) is 5.95 Å². The molecule has 9 aromatic carbocycles. The van der Waals surface area contributed by atoms with Crippen molar-refractivity contribution in [1.29, 1.82) is 0 Å². The number of para-hydroxylation sites is 2. The van der Waals surface area contributed by atoms with Crippen LogP contribution in [0.3, 0.4) is 0 Å². The summed E-state index contributed by atoms with van der Waals surface area (Å²) in [5.41, 5.74) is 17.6. The molecule has 1 aliphatic rings. The molecule has 3 aromatic heterocycles. The summed E-state index contributed by atoms with van der Waals surface area (Å²) in [5, 5.41) is 4.60. The summed E-state index contributed by atoms with van der Waals surface area (Å²) >= 11 is 0. The Balaban J connectivity index is 0.987. The molecule has 12 aromatic rings. The number of hydrogen-bond donors (Lipinski definition) is 0. The minimum atomic E-state index is 0.107. The van der Waals surface area contributed by atoms with Gasteiger partial charge in [0, 0.05) is 38.4 Å².